The number of aromatic nitrogens is 5. The van der Waals surface area contributed by atoms with Crippen LogP contribution in [-0.4, -0.2) is 32.1 Å². The molecule has 0 aliphatic rings. The number of nitrogens with one attached hydrogen (secondary N) is 2. The van der Waals surface area contributed by atoms with Gasteiger partial charge in [-0.15, -0.1) is 0 Å². The third-order valence-corrected chi connectivity index (χ3v) is 3.05. The average molecular weight is 284 g/mol. The number of aromatic amines is 1. The summed E-state index contributed by atoms with van der Waals surface area (Å²) in [5.41, 5.74) is 2.82. The zero-order chi connectivity index (χ0) is 14.5. The Morgan fingerprint density at radius 3 is 2.81 bits per heavy atom. The average Bonchev–Trinajstić information content (AvgIpc) is 3.13. The smallest absolute Gasteiger partial charge is 0.223 e. The summed E-state index contributed by atoms with van der Waals surface area (Å²) in [6.07, 6.45) is 0.718. The van der Waals surface area contributed by atoms with Crippen LogP contribution in [0.1, 0.15) is 17.4 Å². The van der Waals surface area contributed by atoms with Crippen LogP contribution in [0.4, 0.5) is 0 Å². The van der Waals surface area contributed by atoms with Gasteiger partial charge in [-0.2, -0.15) is 20.4 Å². The van der Waals surface area contributed by atoms with Crippen LogP contribution in [0.15, 0.2) is 34.9 Å². The van der Waals surface area contributed by atoms with Crippen LogP contribution in [-0.2, 0) is 13.0 Å². The Morgan fingerprint density at radius 1 is 1.19 bits per heavy atom. The van der Waals surface area contributed by atoms with Crippen LogP contribution < -0.4 is 5.32 Å². The van der Waals surface area contributed by atoms with E-state index < -0.39 is 0 Å². The van der Waals surface area contributed by atoms with E-state index in [4.69, 9.17) is 4.52 Å². The molecule has 2 heterocycles. The number of aryl methyl sites for hydroxylation is 1. The van der Waals surface area contributed by atoms with Crippen molar-refractivity contribution >= 4 is 0 Å². The van der Waals surface area contributed by atoms with Gasteiger partial charge in [0.15, 0.2) is 5.82 Å². The van der Waals surface area contributed by atoms with Gasteiger partial charge in [-0.3, -0.25) is 0 Å². The second kappa shape index (κ2) is 6.27. The van der Waals surface area contributed by atoms with Crippen molar-refractivity contribution in [2.24, 2.45) is 0 Å². The van der Waals surface area contributed by atoms with Gasteiger partial charge in [-0.1, -0.05) is 35.5 Å². The van der Waals surface area contributed by atoms with Crippen molar-refractivity contribution in [3.63, 3.8) is 0 Å². The lowest BCUT2D eigenvalue weighted by Crippen LogP contribution is -2.18. The molecule has 0 saturated heterocycles. The molecule has 2 aromatic heterocycles. The van der Waals surface area contributed by atoms with E-state index in [-0.39, 0.29) is 0 Å². The molecule has 0 amide bonds. The maximum Gasteiger partial charge on any atom is 0.223 e. The maximum absolute atomic E-state index is 4.93. The molecule has 2 N–H and O–H groups in total. The highest BCUT2D eigenvalue weighted by molar-refractivity contribution is 5.60. The molecular formula is C14H16N6O. The zero-order valence-electron chi connectivity index (χ0n) is 11.7. The number of H-pyrrole nitrogens is 1. The summed E-state index contributed by atoms with van der Waals surface area (Å²) < 4.78 is 4.93. The first kappa shape index (κ1) is 13.4. The first-order valence-electron chi connectivity index (χ1n) is 6.78. The summed E-state index contributed by atoms with van der Waals surface area (Å²) in [5, 5.41) is 18.2. The Bertz CT molecular complexity index is 690. The Labute approximate surface area is 121 Å². The molecule has 7 nitrogen and oxygen atoms in total. The SMILES string of the molecule is Cc1nc(CCNCc2n[nH]nc2-c2ccccc2)no1. The molecule has 0 spiro atoms. The fraction of sp³-hybridized carbons (Fsp3) is 0.286. The summed E-state index contributed by atoms with van der Waals surface area (Å²) in [6, 6.07) is 9.99. The minimum Gasteiger partial charge on any atom is -0.340 e. The largest absolute Gasteiger partial charge is 0.340 e. The molecule has 0 atom stereocenters. The van der Waals surface area contributed by atoms with E-state index in [1.165, 1.54) is 0 Å². The molecule has 3 rings (SSSR count). The molecule has 0 bridgehead atoms. The van der Waals surface area contributed by atoms with Crippen molar-refractivity contribution in [1.29, 1.82) is 0 Å². The van der Waals surface area contributed by atoms with E-state index in [1.54, 1.807) is 6.92 Å². The molecule has 3 aromatic rings. The fourth-order valence-electron chi connectivity index (χ4n) is 2.05. The van der Waals surface area contributed by atoms with Crippen LogP contribution in [0.2, 0.25) is 0 Å². The number of hydrogen-bond donors (Lipinski definition) is 2. The number of hydrogen-bond acceptors (Lipinski definition) is 6. The van der Waals surface area contributed by atoms with E-state index in [2.05, 4.69) is 30.9 Å². The highest BCUT2D eigenvalue weighted by Gasteiger charge is 2.09. The molecule has 21 heavy (non-hydrogen) atoms. The van der Waals surface area contributed by atoms with Crippen LogP contribution in [0.5, 0.6) is 0 Å². The maximum atomic E-state index is 4.93. The summed E-state index contributed by atoms with van der Waals surface area (Å²) in [5.74, 6) is 1.30. The topological polar surface area (TPSA) is 92.5 Å². The van der Waals surface area contributed by atoms with E-state index >= 15 is 0 Å². The normalized spacial score (nSPS) is 10.9. The quantitative estimate of drug-likeness (QED) is 0.666. The van der Waals surface area contributed by atoms with E-state index in [0.717, 1.165) is 29.9 Å². The van der Waals surface area contributed by atoms with E-state index in [0.29, 0.717) is 18.3 Å². The first-order valence-corrected chi connectivity index (χ1v) is 6.78. The molecule has 7 heteroatoms. The summed E-state index contributed by atoms with van der Waals surface area (Å²) in [6.45, 7) is 3.17. The first-order chi connectivity index (χ1) is 10.3. The van der Waals surface area contributed by atoms with Crippen molar-refractivity contribution < 1.29 is 4.52 Å². The molecule has 0 radical (unpaired) electrons. The highest BCUT2D eigenvalue weighted by atomic mass is 16.5. The van der Waals surface area contributed by atoms with Gasteiger partial charge >= 0.3 is 0 Å². The number of benzene rings is 1. The summed E-state index contributed by atoms with van der Waals surface area (Å²) >= 11 is 0. The predicted octanol–water partition coefficient (Wildman–Crippen LogP) is 1.50. The Balaban J connectivity index is 1.55. The van der Waals surface area contributed by atoms with Crippen LogP contribution in [0, 0.1) is 6.92 Å². The third-order valence-electron chi connectivity index (χ3n) is 3.05. The van der Waals surface area contributed by atoms with Crippen LogP contribution >= 0.6 is 0 Å². The Morgan fingerprint density at radius 2 is 2.05 bits per heavy atom. The third kappa shape index (κ3) is 3.32. The van der Waals surface area contributed by atoms with Gasteiger partial charge < -0.3 is 9.84 Å². The van der Waals surface area contributed by atoms with Crippen molar-refractivity contribution in [1.82, 2.24) is 30.9 Å². The van der Waals surface area contributed by atoms with Gasteiger partial charge in [0, 0.05) is 32.0 Å². The van der Waals surface area contributed by atoms with Gasteiger partial charge in [-0.25, -0.2) is 0 Å². The highest BCUT2D eigenvalue weighted by Crippen LogP contribution is 2.18. The second-order valence-electron chi connectivity index (χ2n) is 4.64. The van der Waals surface area contributed by atoms with Crippen molar-refractivity contribution in [2.75, 3.05) is 6.54 Å². The molecular weight excluding hydrogens is 268 g/mol. The second-order valence-corrected chi connectivity index (χ2v) is 4.64. The van der Waals surface area contributed by atoms with E-state index in [9.17, 15) is 0 Å². The monoisotopic (exact) mass is 284 g/mol. The summed E-state index contributed by atoms with van der Waals surface area (Å²) in [4.78, 5) is 4.16. The van der Waals surface area contributed by atoms with Crippen LogP contribution in [0.25, 0.3) is 11.3 Å². The lowest BCUT2D eigenvalue weighted by molar-refractivity contribution is 0.387. The predicted molar refractivity (Wildman–Crippen MR) is 76.3 cm³/mol. The lowest BCUT2D eigenvalue weighted by Gasteiger charge is -2.02. The van der Waals surface area contributed by atoms with Gasteiger partial charge in [0.05, 0.1) is 0 Å². The Hall–Kier alpha value is -2.54. The lowest BCUT2D eigenvalue weighted by atomic mass is 10.1. The van der Waals surface area contributed by atoms with Crippen molar-refractivity contribution in [2.45, 2.75) is 19.9 Å². The molecule has 1 aromatic carbocycles. The van der Waals surface area contributed by atoms with Gasteiger partial charge in [0.1, 0.15) is 11.4 Å². The number of nitrogens with zero attached hydrogens (tertiary/aromatic N) is 4. The fourth-order valence-corrected chi connectivity index (χ4v) is 2.05. The Kier molecular flexibility index (Phi) is 4.02. The minimum absolute atomic E-state index is 0.591. The summed E-state index contributed by atoms with van der Waals surface area (Å²) in [7, 11) is 0. The van der Waals surface area contributed by atoms with Crippen molar-refractivity contribution in [3.8, 4) is 11.3 Å². The molecule has 0 fully saturated rings. The minimum atomic E-state index is 0.591. The molecule has 0 aliphatic carbocycles. The molecule has 108 valence electrons. The van der Waals surface area contributed by atoms with Gasteiger partial charge in [-0.05, 0) is 0 Å². The van der Waals surface area contributed by atoms with Gasteiger partial charge in [0.2, 0.25) is 5.89 Å². The van der Waals surface area contributed by atoms with Crippen molar-refractivity contribution in [3.05, 3.63) is 47.7 Å². The molecule has 0 saturated carbocycles. The molecule has 0 aliphatic heterocycles. The zero-order valence-corrected chi connectivity index (χ0v) is 11.7. The number of rotatable bonds is 6. The van der Waals surface area contributed by atoms with E-state index in [1.807, 2.05) is 30.3 Å². The van der Waals surface area contributed by atoms with Crippen LogP contribution in [0.3, 0.4) is 0 Å². The standard InChI is InChI=1S/C14H16N6O/c1-10-16-13(19-21-10)7-8-15-9-12-14(18-20-17-12)11-5-3-2-4-6-11/h2-6,15H,7-9H2,1H3,(H,17,18,20). The molecule has 0 unspecified atom stereocenters. The van der Waals surface area contributed by atoms with Gasteiger partial charge in [0.25, 0.3) is 0 Å².